The number of dihydropyridines is 1. The number of nitrogens with zero attached hydrogens (tertiary/aromatic N) is 6. The van der Waals surface area contributed by atoms with E-state index in [-0.39, 0.29) is 11.5 Å². The van der Waals surface area contributed by atoms with Gasteiger partial charge in [0.2, 0.25) is 5.95 Å². The Morgan fingerprint density at radius 3 is 3.03 bits per heavy atom. The molecule has 1 fully saturated rings. The van der Waals surface area contributed by atoms with Gasteiger partial charge >= 0.3 is 0 Å². The third kappa shape index (κ3) is 2.91. The SMILES string of the molecule is COc1cccc2c1nc(N)n1nc(CN3CCC4(C)C(Br)=CC=NC4C3)nc21. The predicted molar refractivity (Wildman–Crippen MR) is 117 cm³/mol. The topological polar surface area (TPSA) is 93.9 Å². The van der Waals surface area contributed by atoms with Crippen molar-refractivity contribution in [3.8, 4) is 5.75 Å². The Bertz CT molecular complexity index is 1170. The smallest absolute Gasteiger partial charge is 0.223 e. The molecule has 2 aliphatic heterocycles. The maximum Gasteiger partial charge on any atom is 0.223 e. The van der Waals surface area contributed by atoms with Crippen LogP contribution in [0.2, 0.25) is 0 Å². The molecule has 2 atom stereocenters. The number of hydrogen-bond acceptors (Lipinski definition) is 7. The lowest BCUT2D eigenvalue weighted by Gasteiger charge is -2.45. The first-order valence-corrected chi connectivity index (χ1v) is 10.4. The van der Waals surface area contributed by atoms with Gasteiger partial charge < -0.3 is 10.5 Å². The molecular formula is C20H22BrN7O. The molecule has 1 aromatic carbocycles. The molecule has 0 amide bonds. The second kappa shape index (κ2) is 6.77. The number of allylic oxidation sites excluding steroid dienone is 1. The molecule has 0 radical (unpaired) electrons. The summed E-state index contributed by atoms with van der Waals surface area (Å²) in [6, 6.07) is 5.98. The van der Waals surface area contributed by atoms with E-state index >= 15 is 0 Å². The second-order valence-electron chi connectivity index (χ2n) is 7.82. The number of para-hydroxylation sites is 1. The van der Waals surface area contributed by atoms with E-state index in [0.717, 1.165) is 30.7 Å². The fourth-order valence-corrected chi connectivity index (χ4v) is 4.81. The van der Waals surface area contributed by atoms with Gasteiger partial charge in [-0.05, 0) is 31.2 Å². The van der Waals surface area contributed by atoms with Crippen LogP contribution in [0.15, 0.2) is 33.7 Å². The van der Waals surface area contributed by atoms with Gasteiger partial charge in [0.1, 0.15) is 11.3 Å². The normalized spacial score (nSPS) is 24.7. The van der Waals surface area contributed by atoms with Crippen molar-refractivity contribution in [3.63, 3.8) is 0 Å². The molecule has 150 valence electrons. The molecule has 2 N–H and O–H groups in total. The van der Waals surface area contributed by atoms with Crippen LogP contribution < -0.4 is 10.5 Å². The second-order valence-corrected chi connectivity index (χ2v) is 8.68. The Morgan fingerprint density at radius 2 is 2.21 bits per heavy atom. The van der Waals surface area contributed by atoms with E-state index in [9.17, 15) is 0 Å². The summed E-state index contributed by atoms with van der Waals surface area (Å²) in [7, 11) is 1.62. The summed E-state index contributed by atoms with van der Waals surface area (Å²) < 4.78 is 8.27. The molecule has 1 saturated heterocycles. The van der Waals surface area contributed by atoms with Crippen molar-refractivity contribution in [2.75, 3.05) is 25.9 Å². The van der Waals surface area contributed by atoms with Crippen molar-refractivity contribution in [1.82, 2.24) is 24.5 Å². The Balaban J connectivity index is 1.46. The summed E-state index contributed by atoms with van der Waals surface area (Å²) in [5, 5.41) is 5.49. The molecule has 2 aliphatic rings. The molecule has 3 aromatic rings. The number of fused-ring (bicyclic) bond motifs is 4. The van der Waals surface area contributed by atoms with Crippen molar-refractivity contribution >= 4 is 44.6 Å². The molecule has 2 aromatic heterocycles. The van der Waals surface area contributed by atoms with Crippen LogP contribution in [0.3, 0.4) is 0 Å². The molecule has 2 unspecified atom stereocenters. The van der Waals surface area contributed by atoms with E-state index in [2.05, 4.69) is 43.9 Å². The number of methoxy groups -OCH3 is 1. The molecule has 4 heterocycles. The Morgan fingerprint density at radius 1 is 1.34 bits per heavy atom. The minimum absolute atomic E-state index is 0.0682. The molecule has 0 bridgehead atoms. The van der Waals surface area contributed by atoms with Crippen LogP contribution in [-0.4, -0.2) is 56.9 Å². The fourth-order valence-electron chi connectivity index (χ4n) is 4.23. The van der Waals surface area contributed by atoms with Gasteiger partial charge in [-0.2, -0.15) is 4.52 Å². The van der Waals surface area contributed by atoms with Crippen molar-refractivity contribution in [2.45, 2.75) is 25.9 Å². The number of aromatic nitrogens is 4. The Labute approximate surface area is 176 Å². The van der Waals surface area contributed by atoms with Gasteiger partial charge in [0.15, 0.2) is 11.5 Å². The third-order valence-electron chi connectivity index (χ3n) is 6.07. The largest absolute Gasteiger partial charge is 0.494 e. The van der Waals surface area contributed by atoms with E-state index in [0.29, 0.717) is 29.4 Å². The summed E-state index contributed by atoms with van der Waals surface area (Å²) in [4.78, 5) is 16.3. The van der Waals surface area contributed by atoms with E-state index < -0.39 is 0 Å². The van der Waals surface area contributed by atoms with Crippen LogP contribution in [0.5, 0.6) is 5.75 Å². The lowest BCUT2D eigenvalue weighted by Crippen LogP contribution is -2.49. The lowest BCUT2D eigenvalue weighted by atomic mass is 9.75. The van der Waals surface area contributed by atoms with Gasteiger partial charge in [-0.15, -0.1) is 5.10 Å². The number of piperidine rings is 1. The minimum atomic E-state index is 0.0682. The standard InChI is InChI=1S/C20H22BrN7O/c1-20-7-9-27(10-15(20)23-8-6-14(20)21)11-16-24-18-12-4-3-5-13(29-2)17(12)25-19(22)28(18)26-16/h3-6,8,15H,7,9-11H2,1-2H3,(H2,22,25). The average Bonchev–Trinajstić information content (AvgIpc) is 3.14. The van der Waals surface area contributed by atoms with Gasteiger partial charge in [-0.25, -0.2) is 9.97 Å². The maximum absolute atomic E-state index is 6.16. The average molecular weight is 456 g/mol. The summed E-state index contributed by atoms with van der Waals surface area (Å²) in [6.45, 7) is 4.76. The van der Waals surface area contributed by atoms with E-state index in [4.69, 9.17) is 20.4 Å². The van der Waals surface area contributed by atoms with Gasteiger partial charge in [0.05, 0.1) is 19.7 Å². The van der Waals surface area contributed by atoms with Crippen LogP contribution in [0.25, 0.3) is 16.6 Å². The number of likely N-dealkylation sites (tertiary alicyclic amines) is 1. The Hall–Kier alpha value is -2.52. The van der Waals surface area contributed by atoms with Crippen LogP contribution in [0.4, 0.5) is 5.95 Å². The highest BCUT2D eigenvalue weighted by molar-refractivity contribution is 9.11. The number of anilines is 1. The minimum Gasteiger partial charge on any atom is -0.494 e. The first-order valence-electron chi connectivity index (χ1n) is 9.59. The Kier molecular flexibility index (Phi) is 4.32. The highest BCUT2D eigenvalue weighted by Crippen LogP contribution is 2.44. The monoisotopic (exact) mass is 455 g/mol. The lowest BCUT2D eigenvalue weighted by molar-refractivity contribution is 0.116. The van der Waals surface area contributed by atoms with Crippen LogP contribution >= 0.6 is 15.9 Å². The molecule has 0 aliphatic carbocycles. The number of benzene rings is 1. The number of ether oxygens (including phenoxy) is 1. The molecule has 29 heavy (non-hydrogen) atoms. The van der Waals surface area contributed by atoms with Gasteiger partial charge in [-0.1, -0.05) is 28.9 Å². The van der Waals surface area contributed by atoms with Crippen molar-refractivity contribution in [3.05, 3.63) is 34.6 Å². The molecule has 0 saturated carbocycles. The van der Waals surface area contributed by atoms with Crippen molar-refractivity contribution in [2.24, 2.45) is 10.4 Å². The van der Waals surface area contributed by atoms with Crippen LogP contribution in [-0.2, 0) is 6.54 Å². The highest BCUT2D eigenvalue weighted by Gasteiger charge is 2.42. The fraction of sp³-hybridized carbons (Fsp3) is 0.400. The zero-order chi connectivity index (χ0) is 20.2. The number of aliphatic imine (C=N–C) groups is 1. The highest BCUT2D eigenvalue weighted by atomic mass is 79.9. The summed E-state index contributed by atoms with van der Waals surface area (Å²) >= 11 is 3.73. The van der Waals surface area contributed by atoms with E-state index in [1.54, 1.807) is 11.6 Å². The predicted octanol–water partition coefficient (Wildman–Crippen LogP) is 2.81. The number of halogens is 1. The summed E-state index contributed by atoms with van der Waals surface area (Å²) in [5.41, 5.74) is 7.62. The summed E-state index contributed by atoms with van der Waals surface area (Å²) in [6.07, 6.45) is 4.99. The maximum atomic E-state index is 6.16. The van der Waals surface area contributed by atoms with Crippen LogP contribution in [0, 0.1) is 5.41 Å². The van der Waals surface area contributed by atoms with Crippen LogP contribution in [0.1, 0.15) is 19.2 Å². The van der Waals surface area contributed by atoms with Gasteiger partial charge in [0, 0.05) is 28.0 Å². The summed E-state index contributed by atoms with van der Waals surface area (Å²) in [5.74, 6) is 1.70. The first kappa shape index (κ1) is 18.5. The van der Waals surface area contributed by atoms with Gasteiger partial charge in [0.25, 0.3) is 0 Å². The zero-order valence-corrected chi connectivity index (χ0v) is 17.9. The number of nitrogen functional groups attached to an aromatic ring is 1. The molecule has 9 heteroatoms. The number of rotatable bonds is 3. The van der Waals surface area contributed by atoms with E-state index in [1.165, 1.54) is 4.48 Å². The van der Waals surface area contributed by atoms with Crippen molar-refractivity contribution in [1.29, 1.82) is 0 Å². The number of hydrogen-bond donors (Lipinski definition) is 1. The van der Waals surface area contributed by atoms with Crippen molar-refractivity contribution < 1.29 is 4.74 Å². The molecular weight excluding hydrogens is 434 g/mol. The van der Waals surface area contributed by atoms with E-state index in [1.807, 2.05) is 24.4 Å². The number of nitrogens with two attached hydrogens (primary N) is 1. The van der Waals surface area contributed by atoms with Gasteiger partial charge in [-0.3, -0.25) is 9.89 Å². The molecule has 8 nitrogen and oxygen atoms in total. The first-order chi connectivity index (χ1) is 14.0. The molecule has 5 rings (SSSR count). The molecule has 0 spiro atoms. The zero-order valence-electron chi connectivity index (χ0n) is 16.3. The quantitative estimate of drug-likeness (QED) is 0.652. The third-order valence-corrected chi connectivity index (χ3v) is 7.24.